The number of nitrogens with zero attached hydrogens (tertiary/aromatic N) is 2. The van der Waals surface area contributed by atoms with Crippen molar-refractivity contribution in [1.82, 2.24) is 15.2 Å². The van der Waals surface area contributed by atoms with Crippen molar-refractivity contribution in [1.29, 1.82) is 0 Å². The van der Waals surface area contributed by atoms with E-state index in [2.05, 4.69) is 10.3 Å². The Kier molecular flexibility index (Phi) is 6.94. The number of pyridine rings is 1. The van der Waals surface area contributed by atoms with Gasteiger partial charge in [0.1, 0.15) is 5.75 Å². The summed E-state index contributed by atoms with van der Waals surface area (Å²) in [5, 5.41) is 12.4. The number of rotatable bonds is 10. The van der Waals surface area contributed by atoms with Crippen LogP contribution in [0.3, 0.4) is 0 Å². The van der Waals surface area contributed by atoms with Gasteiger partial charge in [-0.05, 0) is 69.6 Å². The minimum atomic E-state index is -2.86. The highest BCUT2D eigenvalue weighted by molar-refractivity contribution is 5.77. The Morgan fingerprint density at radius 1 is 1.26 bits per heavy atom. The van der Waals surface area contributed by atoms with E-state index < -0.39 is 17.3 Å². The zero-order valence-electron chi connectivity index (χ0n) is 18.3. The predicted octanol–water partition coefficient (Wildman–Crippen LogP) is 3.99. The van der Waals surface area contributed by atoms with Crippen LogP contribution in [0, 0.1) is 5.41 Å². The number of aromatic nitrogens is 1. The molecule has 31 heavy (non-hydrogen) atoms. The third-order valence-corrected chi connectivity index (χ3v) is 6.48. The third-order valence-electron chi connectivity index (χ3n) is 6.48. The van der Waals surface area contributed by atoms with Gasteiger partial charge >= 0.3 is 0 Å². The molecular formula is C24H31F2N3O2. The van der Waals surface area contributed by atoms with Crippen molar-refractivity contribution in [3.05, 3.63) is 59.9 Å². The van der Waals surface area contributed by atoms with E-state index in [0.29, 0.717) is 31.4 Å². The quantitative estimate of drug-likeness (QED) is 0.597. The number of nitrogens with one attached hydrogen (secondary N) is 1. The molecular weight excluding hydrogens is 400 g/mol. The first kappa shape index (κ1) is 23.1. The number of benzene rings is 1. The maximum Gasteiger partial charge on any atom is 0.251 e. The van der Waals surface area contributed by atoms with Crippen LogP contribution in [-0.4, -0.2) is 53.5 Å². The second kappa shape index (κ2) is 9.30. The van der Waals surface area contributed by atoms with E-state index in [1.165, 1.54) is 0 Å². The molecule has 7 heteroatoms. The van der Waals surface area contributed by atoms with Gasteiger partial charge in [0.25, 0.3) is 5.92 Å². The van der Waals surface area contributed by atoms with Crippen LogP contribution in [0.15, 0.2) is 48.8 Å². The Balaban J connectivity index is 1.67. The number of hydrogen-bond donors (Lipinski definition) is 2. The summed E-state index contributed by atoms with van der Waals surface area (Å²) in [5.74, 6) is -3.46. The predicted molar refractivity (Wildman–Crippen MR) is 116 cm³/mol. The minimum absolute atomic E-state index is 0.00841. The third kappa shape index (κ3) is 5.58. The number of hydrogen-bond acceptors (Lipinski definition) is 4. The molecule has 0 aliphatic heterocycles. The maximum atomic E-state index is 14.5. The number of carbonyl (C=O) groups excluding carboxylic acids is 1. The van der Waals surface area contributed by atoms with Crippen molar-refractivity contribution in [2.24, 2.45) is 5.41 Å². The molecule has 1 aromatic carbocycles. The fourth-order valence-corrected chi connectivity index (χ4v) is 4.27. The van der Waals surface area contributed by atoms with Crippen molar-refractivity contribution in [2.45, 2.75) is 50.5 Å². The van der Waals surface area contributed by atoms with Crippen LogP contribution in [0.4, 0.5) is 8.78 Å². The van der Waals surface area contributed by atoms with Crippen molar-refractivity contribution >= 4 is 5.91 Å². The van der Waals surface area contributed by atoms with Gasteiger partial charge in [0.15, 0.2) is 0 Å². The number of carbonyl (C=O) groups is 1. The van der Waals surface area contributed by atoms with Crippen molar-refractivity contribution < 1.29 is 18.7 Å². The topological polar surface area (TPSA) is 65.5 Å². The number of alkyl halides is 2. The van der Waals surface area contributed by atoms with E-state index in [0.717, 1.165) is 12.5 Å². The van der Waals surface area contributed by atoms with Crippen molar-refractivity contribution in [2.75, 3.05) is 20.6 Å². The smallest absolute Gasteiger partial charge is 0.251 e. The second-order valence-corrected chi connectivity index (χ2v) is 8.88. The van der Waals surface area contributed by atoms with Gasteiger partial charge < -0.3 is 15.3 Å². The van der Waals surface area contributed by atoms with E-state index in [-0.39, 0.29) is 24.1 Å². The SMILES string of the molecule is CN(C)[C@H](CNC(=O)C[C@@H](c1cccnc1)C1(C(C)(F)F)CC1)Cc1ccc(O)cc1. The summed E-state index contributed by atoms with van der Waals surface area (Å²) < 4.78 is 28.9. The summed E-state index contributed by atoms with van der Waals surface area (Å²) >= 11 is 0. The minimum Gasteiger partial charge on any atom is -0.508 e. The molecule has 1 saturated carbocycles. The highest BCUT2D eigenvalue weighted by atomic mass is 19.3. The molecule has 1 aliphatic carbocycles. The first-order valence-electron chi connectivity index (χ1n) is 10.6. The Labute approximate surface area is 182 Å². The number of phenolic OH excluding ortho intramolecular Hbond substituents is 1. The van der Waals surface area contributed by atoms with Crippen LogP contribution in [0.2, 0.25) is 0 Å². The van der Waals surface area contributed by atoms with Crippen molar-refractivity contribution in [3.63, 3.8) is 0 Å². The second-order valence-electron chi connectivity index (χ2n) is 8.88. The molecule has 0 unspecified atom stereocenters. The molecule has 3 rings (SSSR count). The summed E-state index contributed by atoms with van der Waals surface area (Å²) in [5.41, 5.74) is 0.548. The summed E-state index contributed by atoms with van der Waals surface area (Å²) in [7, 11) is 3.87. The molecule has 1 aliphatic rings. The molecule has 0 radical (unpaired) electrons. The lowest BCUT2D eigenvalue weighted by Gasteiger charge is -2.32. The molecule has 2 N–H and O–H groups in total. The molecule has 1 amide bonds. The molecule has 1 fully saturated rings. The van der Waals surface area contributed by atoms with Crippen LogP contribution in [0.25, 0.3) is 0 Å². The monoisotopic (exact) mass is 431 g/mol. The summed E-state index contributed by atoms with van der Waals surface area (Å²) in [6.07, 6.45) is 4.71. The molecule has 2 atom stereocenters. The zero-order chi connectivity index (χ0) is 22.6. The molecule has 168 valence electrons. The normalized spacial score (nSPS) is 17.2. The van der Waals surface area contributed by atoms with Gasteiger partial charge in [-0.2, -0.15) is 0 Å². The van der Waals surface area contributed by atoms with E-state index in [1.807, 2.05) is 31.1 Å². The first-order valence-corrected chi connectivity index (χ1v) is 10.6. The van der Waals surface area contributed by atoms with Gasteiger partial charge in [-0.3, -0.25) is 9.78 Å². The average molecular weight is 432 g/mol. The molecule has 0 saturated heterocycles. The van der Waals surface area contributed by atoms with E-state index in [1.54, 1.807) is 36.7 Å². The number of phenols is 1. The van der Waals surface area contributed by atoms with Gasteiger partial charge in [0.05, 0.1) is 0 Å². The number of amides is 1. The van der Waals surface area contributed by atoms with Gasteiger partial charge in [-0.1, -0.05) is 18.2 Å². The molecule has 0 bridgehead atoms. The van der Waals surface area contributed by atoms with Gasteiger partial charge in [-0.25, -0.2) is 8.78 Å². The van der Waals surface area contributed by atoms with Crippen molar-refractivity contribution in [3.8, 4) is 5.75 Å². The Morgan fingerprint density at radius 3 is 2.45 bits per heavy atom. The maximum absolute atomic E-state index is 14.5. The van der Waals surface area contributed by atoms with Crippen LogP contribution in [-0.2, 0) is 11.2 Å². The lowest BCUT2D eigenvalue weighted by molar-refractivity contribution is -0.123. The van der Waals surface area contributed by atoms with Gasteiger partial charge in [-0.15, -0.1) is 0 Å². The van der Waals surface area contributed by atoms with Gasteiger partial charge in [0.2, 0.25) is 5.91 Å². The Morgan fingerprint density at radius 2 is 1.94 bits per heavy atom. The fraction of sp³-hybridized carbons (Fsp3) is 0.500. The Bertz CT molecular complexity index is 863. The summed E-state index contributed by atoms with van der Waals surface area (Å²) in [6.45, 7) is 1.36. The number of aromatic hydroxyl groups is 1. The molecule has 2 aromatic rings. The standard InChI is InChI=1S/C24H31F2N3O2/c1-23(25,26)24(10-11-24)21(18-5-4-12-27-15-18)14-22(31)28-16-19(29(2)3)13-17-6-8-20(30)9-7-17/h4-9,12,15,19,21,30H,10-11,13-14,16H2,1-3H3,(H,28,31)/t19-,21-/m0/s1. The van der Waals surface area contributed by atoms with E-state index >= 15 is 0 Å². The average Bonchev–Trinajstić information content (AvgIpc) is 3.53. The highest BCUT2D eigenvalue weighted by Crippen LogP contribution is 2.65. The van der Waals surface area contributed by atoms with Crippen LogP contribution < -0.4 is 5.32 Å². The number of likely N-dealkylation sites (N-methyl/N-ethyl adjacent to an activating group) is 1. The van der Waals surface area contributed by atoms with Crippen LogP contribution in [0.5, 0.6) is 5.75 Å². The zero-order valence-corrected chi connectivity index (χ0v) is 18.3. The lowest BCUT2D eigenvalue weighted by Crippen LogP contribution is -2.43. The molecule has 5 nitrogen and oxygen atoms in total. The molecule has 0 spiro atoms. The first-order chi connectivity index (χ1) is 14.6. The Hall–Kier alpha value is -2.54. The van der Waals surface area contributed by atoms with E-state index in [9.17, 15) is 18.7 Å². The van der Waals surface area contributed by atoms with Gasteiger partial charge in [0, 0.05) is 42.7 Å². The fourth-order valence-electron chi connectivity index (χ4n) is 4.27. The van der Waals surface area contributed by atoms with Crippen LogP contribution >= 0.6 is 0 Å². The molecule has 1 heterocycles. The van der Waals surface area contributed by atoms with E-state index in [4.69, 9.17) is 0 Å². The number of halogens is 2. The largest absolute Gasteiger partial charge is 0.508 e. The molecule has 1 aromatic heterocycles. The summed E-state index contributed by atoms with van der Waals surface area (Å²) in [6, 6.07) is 10.5. The highest BCUT2D eigenvalue weighted by Gasteiger charge is 2.63. The van der Waals surface area contributed by atoms with Crippen LogP contribution in [0.1, 0.15) is 43.2 Å². The lowest BCUT2D eigenvalue weighted by atomic mass is 9.77. The summed E-state index contributed by atoms with van der Waals surface area (Å²) in [4.78, 5) is 18.9.